The van der Waals surface area contributed by atoms with Crippen LogP contribution in [0.15, 0.2) is 54.6 Å². The maximum absolute atomic E-state index is 11.3. The lowest BCUT2D eigenvalue weighted by Crippen LogP contribution is -2.12. The normalized spacial score (nSPS) is 12.0. The number of carboxylic acids is 1. The van der Waals surface area contributed by atoms with E-state index in [1.165, 1.54) is 12.1 Å². The van der Waals surface area contributed by atoms with Crippen molar-refractivity contribution in [3.05, 3.63) is 72.1 Å². The fourth-order valence-electron chi connectivity index (χ4n) is 1.75. The highest BCUT2D eigenvalue weighted by Crippen LogP contribution is 2.24. The van der Waals surface area contributed by atoms with Crippen LogP contribution in [0.3, 0.4) is 0 Å². The van der Waals surface area contributed by atoms with E-state index in [1.54, 1.807) is 30.7 Å². The number of hydrogen-bond donors (Lipinski definition) is 2. The molecular weight excluding hydrogens is 228 g/mol. The summed E-state index contributed by atoms with van der Waals surface area (Å²) in [7, 11) is 0. The van der Waals surface area contributed by atoms with E-state index < -0.39 is 11.9 Å². The summed E-state index contributed by atoms with van der Waals surface area (Å²) >= 11 is 0. The smallest absolute Gasteiger partial charge is 0.311 e. The second-order valence-corrected chi connectivity index (χ2v) is 3.98. The number of aliphatic carboxylic acids is 1. The van der Waals surface area contributed by atoms with Gasteiger partial charge >= 0.3 is 5.97 Å². The van der Waals surface area contributed by atoms with E-state index in [4.69, 9.17) is 0 Å². The molecule has 0 fully saturated rings. The first-order chi connectivity index (χ1) is 8.66. The summed E-state index contributed by atoms with van der Waals surface area (Å²) in [6.07, 6.45) is 1.66. The topological polar surface area (TPSA) is 57.5 Å². The minimum Gasteiger partial charge on any atom is -0.508 e. The maximum atomic E-state index is 11.3. The van der Waals surface area contributed by atoms with E-state index in [0.717, 1.165) is 11.1 Å². The number of phenols is 1. The monoisotopic (exact) mass is 241 g/mol. The van der Waals surface area contributed by atoms with Crippen molar-refractivity contribution >= 4 is 5.97 Å². The third-order valence-corrected chi connectivity index (χ3v) is 2.68. The van der Waals surface area contributed by atoms with Crippen LogP contribution >= 0.6 is 0 Å². The molecule has 0 aliphatic heterocycles. The van der Waals surface area contributed by atoms with Crippen LogP contribution in [0.25, 0.3) is 0 Å². The van der Waals surface area contributed by atoms with Gasteiger partial charge in [0.1, 0.15) is 5.75 Å². The molecule has 2 aromatic carbocycles. The second kappa shape index (κ2) is 5.36. The summed E-state index contributed by atoms with van der Waals surface area (Å²) < 4.78 is 0. The Hall–Kier alpha value is -2.29. The van der Waals surface area contributed by atoms with Crippen molar-refractivity contribution in [2.24, 2.45) is 0 Å². The van der Waals surface area contributed by atoms with Gasteiger partial charge < -0.3 is 10.2 Å². The summed E-state index contributed by atoms with van der Waals surface area (Å²) in [4.78, 5) is 11.3. The number of benzene rings is 2. The van der Waals surface area contributed by atoms with Crippen LogP contribution in [0.1, 0.15) is 17.0 Å². The third kappa shape index (κ3) is 2.88. The fourth-order valence-corrected chi connectivity index (χ4v) is 1.75. The largest absolute Gasteiger partial charge is 0.508 e. The van der Waals surface area contributed by atoms with Gasteiger partial charge in [0, 0.05) is 6.42 Å². The van der Waals surface area contributed by atoms with Crippen LogP contribution in [0.4, 0.5) is 0 Å². The molecule has 2 N–H and O–H groups in total. The number of carboxylic acid groups (broad SMARTS) is 1. The molecular formula is C15H13O3. The predicted molar refractivity (Wildman–Crippen MR) is 68.3 cm³/mol. The average molecular weight is 241 g/mol. The van der Waals surface area contributed by atoms with Crippen molar-refractivity contribution in [3.8, 4) is 5.75 Å². The molecule has 0 amide bonds. The highest BCUT2D eigenvalue weighted by molar-refractivity contribution is 5.78. The first-order valence-corrected chi connectivity index (χ1v) is 5.58. The van der Waals surface area contributed by atoms with E-state index in [0.29, 0.717) is 0 Å². The molecule has 3 nitrogen and oxygen atoms in total. The van der Waals surface area contributed by atoms with E-state index in [9.17, 15) is 15.0 Å². The van der Waals surface area contributed by atoms with Crippen LogP contribution in [-0.2, 0) is 4.79 Å². The molecule has 0 aromatic heterocycles. The second-order valence-electron chi connectivity index (χ2n) is 3.98. The molecule has 1 unspecified atom stereocenters. The van der Waals surface area contributed by atoms with Gasteiger partial charge in [0.2, 0.25) is 0 Å². The molecule has 0 aliphatic rings. The molecule has 0 bridgehead atoms. The van der Waals surface area contributed by atoms with Crippen LogP contribution in [0.5, 0.6) is 5.75 Å². The summed E-state index contributed by atoms with van der Waals surface area (Å²) in [6, 6.07) is 15.5. The number of rotatable bonds is 4. The van der Waals surface area contributed by atoms with Gasteiger partial charge in [0.15, 0.2) is 0 Å². The van der Waals surface area contributed by atoms with E-state index in [2.05, 4.69) is 0 Å². The van der Waals surface area contributed by atoms with Crippen molar-refractivity contribution in [1.82, 2.24) is 0 Å². The van der Waals surface area contributed by atoms with Gasteiger partial charge in [-0.25, -0.2) is 0 Å². The van der Waals surface area contributed by atoms with Gasteiger partial charge in [-0.05, 0) is 23.3 Å². The lowest BCUT2D eigenvalue weighted by Gasteiger charge is -2.12. The summed E-state index contributed by atoms with van der Waals surface area (Å²) in [6.45, 7) is 0. The predicted octanol–water partition coefficient (Wildman–Crippen LogP) is 2.81. The van der Waals surface area contributed by atoms with Gasteiger partial charge in [-0.3, -0.25) is 4.79 Å². The molecule has 0 spiro atoms. The molecule has 0 aliphatic carbocycles. The minimum absolute atomic E-state index is 0.165. The Balaban J connectivity index is 2.22. The molecule has 3 heteroatoms. The Morgan fingerprint density at radius 3 is 2.17 bits per heavy atom. The Labute approximate surface area is 105 Å². The van der Waals surface area contributed by atoms with Gasteiger partial charge in [0.05, 0.1) is 5.92 Å². The van der Waals surface area contributed by atoms with Crippen LogP contribution in [-0.4, -0.2) is 16.2 Å². The van der Waals surface area contributed by atoms with Crippen LogP contribution < -0.4 is 0 Å². The van der Waals surface area contributed by atoms with Crippen molar-refractivity contribution in [1.29, 1.82) is 0 Å². The molecule has 2 rings (SSSR count). The Bertz CT molecular complexity index is 517. The molecule has 91 valence electrons. The first kappa shape index (κ1) is 12.2. The third-order valence-electron chi connectivity index (χ3n) is 2.68. The first-order valence-electron chi connectivity index (χ1n) is 5.58. The Morgan fingerprint density at radius 2 is 1.61 bits per heavy atom. The van der Waals surface area contributed by atoms with Crippen molar-refractivity contribution in [2.75, 3.05) is 0 Å². The van der Waals surface area contributed by atoms with E-state index in [-0.39, 0.29) is 5.75 Å². The number of aromatic hydroxyl groups is 1. The fraction of sp³-hybridized carbons (Fsp3) is 0.0667. The average Bonchev–Trinajstić information content (AvgIpc) is 2.38. The Morgan fingerprint density at radius 1 is 1.00 bits per heavy atom. The summed E-state index contributed by atoms with van der Waals surface area (Å²) in [5.74, 6) is -1.41. The number of phenolic OH excluding ortho intramolecular Hbond substituents is 1. The summed E-state index contributed by atoms with van der Waals surface area (Å²) in [5.41, 5.74) is 1.50. The molecule has 1 atom stereocenters. The zero-order valence-electron chi connectivity index (χ0n) is 9.65. The molecule has 0 saturated carbocycles. The standard InChI is InChI=1S/C15H13O3/c16-13-8-6-11(7-9-13)10-14(15(17)18)12-4-2-1-3-5-12/h1-10,14,16H,(H,17,18). The van der Waals surface area contributed by atoms with E-state index in [1.807, 2.05) is 18.2 Å². The van der Waals surface area contributed by atoms with Gasteiger partial charge in [0.25, 0.3) is 0 Å². The minimum atomic E-state index is -0.894. The molecule has 1 radical (unpaired) electrons. The van der Waals surface area contributed by atoms with Gasteiger partial charge in [-0.15, -0.1) is 0 Å². The number of carbonyl (C=O) groups is 1. The van der Waals surface area contributed by atoms with Gasteiger partial charge in [-0.2, -0.15) is 0 Å². The zero-order chi connectivity index (χ0) is 13.0. The van der Waals surface area contributed by atoms with Crippen LogP contribution in [0.2, 0.25) is 0 Å². The van der Waals surface area contributed by atoms with E-state index >= 15 is 0 Å². The highest BCUT2D eigenvalue weighted by Gasteiger charge is 2.20. The lowest BCUT2D eigenvalue weighted by molar-refractivity contribution is -0.137. The van der Waals surface area contributed by atoms with Crippen molar-refractivity contribution < 1.29 is 15.0 Å². The summed E-state index contributed by atoms with van der Waals surface area (Å²) in [5, 5.41) is 18.4. The molecule has 0 heterocycles. The molecule has 2 aromatic rings. The van der Waals surface area contributed by atoms with Crippen molar-refractivity contribution in [3.63, 3.8) is 0 Å². The maximum Gasteiger partial charge on any atom is 0.311 e. The van der Waals surface area contributed by atoms with Gasteiger partial charge in [-0.1, -0.05) is 42.5 Å². The quantitative estimate of drug-likeness (QED) is 0.865. The SMILES string of the molecule is O=C(O)C([CH]c1ccc(O)cc1)c1ccccc1. The zero-order valence-corrected chi connectivity index (χ0v) is 9.65. The van der Waals surface area contributed by atoms with Crippen LogP contribution in [0, 0.1) is 6.42 Å². The lowest BCUT2D eigenvalue weighted by atomic mass is 9.92. The number of hydrogen-bond acceptors (Lipinski definition) is 2. The highest BCUT2D eigenvalue weighted by atomic mass is 16.4. The Kier molecular flexibility index (Phi) is 3.63. The molecule has 18 heavy (non-hydrogen) atoms. The molecule has 0 saturated heterocycles. The van der Waals surface area contributed by atoms with Crippen molar-refractivity contribution in [2.45, 2.75) is 5.92 Å².